The molecule has 0 atom stereocenters. The van der Waals surface area contributed by atoms with Crippen LogP contribution in [0.4, 0.5) is 0 Å². The van der Waals surface area contributed by atoms with E-state index in [2.05, 4.69) is 10.6 Å². The number of nitrogens with one attached hydrogen (secondary N) is 2. The molecule has 0 saturated carbocycles. The van der Waals surface area contributed by atoms with Gasteiger partial charge in [0, 0.05) is 28.8 Å². The summed E-state index contributed by atoms with van der Waals surface area (Å²) in [5, 5.41) is 14.7. The van der Waals surface area contributed by atoms with Crippen LogP contribution >= 0.6 is 11.6 Å². The highest BCUT2D eigenvalue weighted by molar-refractivity contribution is 6.30. The fraction of sp³-hybridized carbons (Fsp3) is 0.0909. The maximum absolute atomic E-state index is 12.5. The molecular formula is C22H19ClN2O4. The van der Waals surface area contributed by atoms with Crippen molar-refractivity contribution >= 4 is 29.5 Å². The smallest absolute Gasteiger partial charge is 0.268 e. The van der Waals surface area contributed by atoms with E-state index in [1.54, 1.807) is 54.6 Å². The molecule has 1 aromatic heterocycles. The lowest BCUT2D eigenvalue weighted by Crippen LogP contribution is -2.36. The minimum absolute atomic E-state index is 0.00399. The van der Waals surface area contributed by atoms with E-state index >= 15 is 0 Å². The highest BCUT2D eigenvalue weighted by Crippen LogP contribution is 2.24. The molecule has 2 aromatic carbocycles. The first-order chi connectivity index (χ1) is 14.1. The maximum Gasteiger partial charge on any atom is 0.268 e. The fourth-order valence-electron chi connectivity index (χ4n) is 2.55. The summed E-state index contributed by atoms with van der Waals surface area (Å²) in [7, 11) is 0. The topological polar surface area (TPSA) is 91.6 Å². The van der Waals surface area contributed by atoms with Crippen molar-refractivity contribution in [2.75, 3.05) is 13.2 Å². The Balaban J connectivity index is 1.85. The maximum atomic E-state index is 12.5. The van der Waals surface area contributed by atoms with Crippen molar-refractivity contribution in [3.63, 3.8) is 0 Å². The Labute approximate surface area is 172 Å². The third-order valence-electron chi connectivity index (χ3n) is 3.97. The van der Waals surface area contributed by atoms with Crippen molar-refractivity contribution in [2.24, 2.45) is 0 Å². The monoisotopic (exact) mass is 410 g/mol. The molecule has 0 saturated heterocycles. The average Bonchev–Trinajstić information content (AvgIpc) is 3.21. The summed E-state index contributed by atoms with van der Waals surface area (Å²) in [5.74, 6) is 0.0168. The number of carbonyl (C=O) groups is 2. The lowest BCUT2D eigenvalue weighted by Gasteiger charge is -2.10. The van der Waals surface area contributed by atoms with E-state index in [0.29, 0.717) is 22.1 Å². The molecule has 3 rings (SSSR count). The first kappa shape index (κ1) is 20.4. The largest absolute Gasteiger partial charge is 0.457 e. The predicted molar refractivity (Wildman–Crippen MR) is 111 cm³/mol. The number of rotatable bonds is 7. The summed E-state index contributed by atoms with van der Waals surface area (Å²) in [4.78, 5) is 24.9. The van der Waals surface area contributed by atoms with Gasteiger partial charge in [-0.3, -0.25) is 9.59 Å². The van der Waals surface area contributed by atoms with Gasteiger partial charge in [-0.2, -0.15) is 0 Å². The SMILES string of the molecule is O=C(NCCO)/C(=C\c1ccc(-c2ccc(Cl)cc2)o1)NC(=O)c1ccccc1. The molecule has 1 heterocycles. The van der Waals surface area contributed by atoms with E-state index in [1.807, 2.05) is 12.1 Å². The van der Waals surface area contributed by atoms with E-state index in [-0.39, 0.29) is 18.8 Å². The number of furan rings is 1. The van der Waals surface area contributed by atoms with Gasteiger partial charge in [-0.05, 0) is 48.5 Å². The first-order valence-corrected chi connectivity index (χ1v) is 9.27. The molecule has 3 aromatic rings. The van der Waals surface area contributed by atoms with Gasteiger partial charge >= 0.3 is 0 Å². The molecule has 3 N–H and O–H groups in total. The third kappa shape index (κ3) is 5.57. The van der Waals surface area contributed by atoms with Gasteiger partial charge in [0.15, 0.2) is 0 Å². The molecule has 0 fully saturated rings. The summed E-state index contributed by atoms with van der Waals surface area (Å²) in [6, 6.07) is 19.1. The number of aliphatic hydroxyl groups is 1. The molecule has 2 amide bonds. The zero-order valence-corrected chi connectivity index (χ0v) is 16.1. The average molecular weight is 411 g/mol. The Hall–Kier alpha value is -3.35. The van der Waals surface area contributed by atoms with Gasteiger partial charge in [0.1, 0.15) is 17.2 Å². The van der Waals surface area contributed by atoms with E-state index in [4.69, 9.17) is 21.1 Å². The number of benzene rings is 2. The van der Waals surface area contributed by atoms with Crippen LogP contribution in [0.5, 0.6) is 0 Å². The van der Waals surface area contributed by atoms with Crippen LogP contribution in [0.3, 0.4) is 0 Å². The normalized spacial score (nSPS) is 11.2. The van der Waals surface area contributed by atoms with E-state index in [1.165, 1.54) is 6.08 Å². The Morgan fingerprint density at radius 3 is 2.41 bits per heavy atom. The van der Waals surface area contributed by atoms with Crippen LogP contribution in [0.15, 0.2) is 76.8 Å². The Morgan fingerprint density at radius 1 is 1.00 bits per heavy atom. The van der Waals surface area contributed by atoms with Crippen LogP contribution in [0.2, 0.25) is 5.02 Å². The molecule has 148 valence electrons. The summed E-state index contributed by atoms with van der Waals surface area (Å²) >= 11 is 5.91. The number of carbonyl (C=O) groups excluding carboxylic acids is 2. The quantitative estimate of drug-likeness (QED) is 0.520. The van der Waals surface area contributed by atoms with Crippen LogP contribution in [0.1, 0.15) is 16.1 Å². The van der Waals surface area contributed by atoms with E-state index in [0.717, 1.165) is 5.56 Å². The van der Waals surface area contributed by atoms with Gasteiger partial charge in [0.2, 0.25) is 0 Å². The van der Waals surface area contributed by atoms with Crippen LogP contribution < -0.4 is 10.6 Å². The summed E-state index contributed by atoms with van der Waals surface area (Å²) < 4.78 is 5.78. The number of hydrogen-bond acceptors (Lipinski definition) is 4. The van der Waals surface area contributed by atoms with Crippen LogP contribution in [-0.2, 0) is 4.79 Å². The van der Waals surface area contributed by atoms with Gasteiger partial charge < -0.3 is 20.2 Å². The molecule has 29 heavy (non-hydrogen) atoms. The number of amides is 2. The molecular weight excluding hydrogens is 392 g/mol. The number of aliphatic hydroxyl groups excluding tert-OH is 1. The molecule has 0 spiro atoms. The van der Waals surface area contributed by atoms with Crippen molar-refractivity contribution in [2.45, 2.75) is 0 Å². The molecule has 0 aliphatic rings. The second kappa shape index (κ2) is 9.73. The summed E-state index contributed by atoms with van der Waals surface area (Å²) in [5.41, 5.74) is 1.24. The van der Waals surface area contributed by atoms with Crippen molar-refractivity contribution in [3.8, 4) is 11.3 Å². The second-order valence-corrected chi connectivity index (χ2v) is 6.50. The highest BCUT2D eigenvalue weighted by Gasteiger charge is 2.15. The molecule has 0 bridgehead atoms. The Bertz CT molecular complexity index is 1010. The van der Waals surface area contributed by atoms with Crippen molar-refractivity contribution < 1.29 is 19.1 Å². The number of hydrogen-bond donors (Lipinski definition) is 3. The number of halogens is 1. The molecule has 0 aliphatic carbocycles. The van der Waals surface area contributed by atoms with Crippen LogP contribution in [0, 0.1) is 0 Å². The minimum Gasteiger partial charge on any atom is -0.457 e. The lowest BCUT2D eigenvalue weighted by molar-refractivity contribution is -0.117. The van der Waals surface area contributed by atoms with Crippen molar-refractivity contribution in [3.05, 3.63) is 88.8 Å². The standard InChI is InChI=1S/C22H19ClN2O4/c23-17-8-6-15(7-9-17)20-11-10-18(29-20)14-19(22(28)24-12-13-26)25-21(27)16-4-2-1-3-5-16/h1-11,14,26H,12-13H2,(H,24,28)(H,25,27)/b19-14+. The zero-order valence-electron chi connectivity index (χ0n) is 15.4. The van der Waals surface area contributed by atoms with Gasteiger partial charge in [0.05, 0.1) is 6.61 Å². The zero-order chi connectivity index (χ0) is 20.6. The molecule has 0 unspecified atom stereocenters. The van der Waals surface area contributed by atoms with Gasteiger partial charge in [-0.1, -0.05) is 29.8 Å². The summed E-state index contributed by atoms with van der Waals surface area (Å²) in [6.07, 6.45) is 1.44. The van der Waals surface area contributed by atoms with Crippen molar-refractivity contribution in [1.82, 2.24) is 10.6 Å². The summed E-state index contributed by atoms with van der Waals surface area (Å²) in [6.45, 7) is -0.154. The first-order valence-electron chi connectivity index (χ1n) is 8.90. The molecule has 7 heteroatoms. The van der Waals surface area contributed by atoms with Crippen molar-refractivity contribution in [1.29, 1.82) is 0 Å². The Kier molecular flexibility index (Phi) is 6.84. The minimum atomic E-state index is -0.534. The van der Waals surface area contributed by atoms with E-state index in [9.17, 15) is 9.59 Å². The molecule has 0 radical (unpaired) electrons. The molecule has 0 aliphatic heterocycles. The van der Waals surface area contributed by atoms with Gasteiger partial charge in [-0.15, -0.1) is 0 Å². The van der Waals surface area contributed by atoms with E-state index < -0.39 is 11.8 Å². The fourth-order valence-corrected chi connectivity index (χ4v) is 2.68. The third-order valence-corrected chi connectivity index (χ3v) is 4.22. The van der Waals surface area contributed by atoms with Gasteiger partial charge in [0.25, 0.3) is 11.8 Å². The highest BCUT2D eigenvalue weighted by atomic mass is 35.5. The van der Waals surface area contributed by atoms with Crippen LogP contribution in [-0.4, -0.2) is 30.1 Å². The lowest BCUT2D eigenvalue weighted by atomic mass is 10.2. The van der Waals surface area contributed by atoms with Crippen LogP contribution in [0.25, 0.3) is 17.4 Å². The molecule has 6 nitrogen and oxygen atoms in total. The second-order valence-electron chi connectivity index (χ2n) is 6.07. The Morgan fingerprint density at radius 2 is 1.72 bits per heavy atom. The predicted octanol–water partition coefficient (Wildman–Crippen LogP) is 3.48. The van der Waals surface area contributed by atoms with Gasteiger partial charge in [-0.25, -0.2) is 0 Å².